The van der Waals surface area contributed by atoms with E-state index in [2.05, 4.69) is 26.2 Å². The van der Waals surface area contributed by atoms with Gasteiger partial charge in [-0.2, -0.15) is 0 Å². The van der Waals surface area contributed by atoms with Gasteiger partial charge in [-0.25, -0.2) is 0 Å². The van der Waals surface area contributed by atoms with Crippen LogP contribution in [0, 0.1) is 6.92 Å². The number of halogens is 1. The highest BCUT2D eigenvalue weighted by Gasteiger charge is 2.12. The molecule has 0 spiro atoms. The number of nitrogens with one attached hydrogen (secondary N) is 2. The first kappa shape index (κ1) is 14.1. The molecule has 1 amide bonds. The Morgan fingerprint density at radius 1 is 1.47 bits per heavy atom. The summed E-state index contributed by atoms with van der Waals surface area (Å²) in [5.41, 5.74) is 3.14. The number of methoxy groups -OCH3 is 1. The average molecular weight is 325 g/mol. The maximum Gasteiger partial charge on any atom is 0.224 e. The van der Waals surface area contributed by atoms with Crippen molar-refractivity contribution in [1.29, 1.82) is 0 Å². The van der Waals surface area contributed by atoms with Crippen molar-refractivity contribution in [3.63, 3.8) is 0 Å². The van der Waals surface area contributed by atoms with Crippen molar-refractivity contribution in [2.75, 3.05) is 20.3 Å². The summed E-state index contributed by atoms with van der Waals surface area (Å²) in [5, 5.41) is 3.93. The largest absolute Gasteiger partial charge is 0.383 e. The van der Waals surface area contributed by atoms with E-state index in [0.717, 1.165) is 26.6 Å². The number of amides is 1. The molecule has 0 radical (unpaired) electrons. The summed E-state index contributed by atoms with van der Waals surface area (Å²) >= 11 is 3.46. The number of aromatic amines is 1. The molecule has 0 fully saturated rings. The van der Waals surface area contributed by atoms with Gasteiger partial charge in [0.25, 0.3) is 0 Å². The minimum absolute atomic E-state index is 0.0148. The fourth-order valence-electron chi connectivity index (χ4n) is 2.10. The van der Waals surface area contributed by atoms with E-state index in [4.69, 9.17) is 4.74 Å². The van der Waals surface area contributed by atoms with Crippen LogP contribution in [-0.4, -0.2) is 31.2 Å². The lowest BCUT2D eigenvalue weighted by atomic mass is 10.1. The van der Waals surface area contributed by atoms with E-state index in [1.165, 1.54) is 0 Å². The first-order valence-corrected chi connectivity index (χ1v) is 6.93. The van der Waals surface area contributed by atoms with Gasteiger partial charge in [-0.1, -0.05) is 15.9 Å². The summed E-state index contributed by atoms with van der Waals surface area (Å²) in [6.07, 6.45) is 0.381. The van der Waals surface area contributed by atoms with E-state index in [1.807, 2.05) is 25.1 Å². The molecular formula is C14H17BrN2O2. The fourth-order valence-corrected chi connectivity index (χ4v) is 2.46. The lowest BCUT2D eigenvalue weighted by Gasteiger charge is -2.05. The molecular weight excluding hydrogens is 308 g/mol. The number of hydrogen-bond acceptors (Lipinski definition) is 2. The summed E-state index contributed by atoms with van der Waals surface area (Å²) in [5.74, 6) is 0.0148. The third kappa shape index (κ3) is 3.36. The van der Waals surface area contributed by atoms with Gasteiger partial charge in [0.1, 0.15) is 0 Å². The number of ether oxygens (including phenoxy) is 1. The molecule has 1 aromatic carbocycles. The third-order valence-corrected chi connectivity index (χ3v) is 3.54. The maximum absolute atomic E-state index is 11.9. The van der Waals surface area contributed by atoms with Gasteiger partial charge in [0.15, 0.2) is 0 Å². The molecule has 5 heteroatoms. The Morgan fingerprint density at radius 2 is 2.26 bits per heavy atom. The number of aryl methyl sites for hydroxylation is 1. The van der Waals surface area contributed by atoms with E-state index >= 15 is 0 Å². The number of H-pyrrole nitrogens is 1. The molecule has 19 heavy (non-hydrogen) atoms. The standard InChI is InChI=1S/C14H17BrN2O2/c1-9-11(8-14(18)16-5-6-19-2)12-7-10(15)3-4-13(12)17-9/h3-4,7,17H,5-6,8H2,1-2H3,(H,16,18). The monoisotopic (exact) mass is 324 g/mol. The predicted octanol–water partition coefficient (Wildman–Crippen LogP) is 2.54. The van der Waals surface area contributed by atoms with Crippen molar-refractivity contribution in [1.82, 2.24) is 10.3 Å². The summed E-state index contributed by atoms with van der Waals surface area (Å²) < 4.78 is 5.92. The minimum Gasteiger partial charge on any atom is -0.383 e. The Bertz CT molecular complexity index is 592. The molecule has 0 aliphatic rings. The number of rotatable bonds is 5. The van der Waals surface area contributed by atoms with Crippen LogP contribution in [0.3, 0.4) is 0 Å². The van der Waals surface area contributed by atoms with Crippen LogP contribution in [0.25, 0.3) is 10.9 Å². The Morgan fingerprint density at radius 3 is 3.00 bits per heavy atom. The normalized spacial score (nSPS) is 10.9. The van der Waals surface area contributed by atoms with E-state index in [1.54, 1.807) is 7.11 Å². The van der Waals surface area contributed by atoms with Crippen LogP contribution >= 0.6 is 15.9 Å². The first-order chi connectivity index (χ1) is 9.11. The molecule has 2 rings (SSSR count). The lowest BCUT2D eigenvalue weighted by molar-refractivity contribution is -0.120. The van der Waals surface area contributed by atoms with Gasteiger partial charge >= 0.3 is 0 Å². The van der Waals surface area contributed by atoms with Crippen LogP contribution in [0.4, 0.5) is 0 Å². The molecule has 1 heterocycles. The van der Waals surface area contributed by atoms with E-state index in [9.17, 15) is 4.79 Å². The Kier molecular flexibility index (Phi) is 4.61. The van der Waals surface area contributed by atoms with Gasteiger partial charge in [0.2, 0.25) is 5.91 Å². The van der Waals surface area contributed by atoms with Crippen molar-refractivity contribution in [3.05, 3.63) is 33.9 Å². The molecule has 1 aromatic heterocycles. The molecule has 0 aliphatic heterocycles. The van der Waals surface area contributed by atoms with Gasteiger partial charge in [-0.05, 0) is 30.7 Å². The topological polar surface area (TPSA) is 54.1 Å². The second-order valence-electron chi connectivity index (χ2n) is 4.44. The van der Waals surface area contributed by atoms with Crippen LogP contribution in [-0.2, 0) is 16.0 Å². The highest BCUT2D eigenvalue weighted by atomic mass is 79.9. The van der Waals surface area contributed by atoms with Crippen molar-refractivity contribution in [2.24, 2.45) is 0 Å². The van der Waals surface area contributed by atoms with E-state index in [-0.39, 0.29) is 5.91 Å². The maximum atomic E-state index is 11.9. The van der Waals surface area contributed by atoms with Gasteiger partial charge in [-0.15, -0.1) is 0 Å². The molecule has 0 aliphatic carbocycles. The zero-order chi connectivity index (χ0) is 13.8. The SMILES string of the molecule is COCCNC(=O)Cc1c(C)[nH]c2ccc(Br)cc12. The molecule has 0 atom stereocenters. The van der Waals surface area contributed by atoms with Crippen LogP contribution in [0.1, 0.15) is 11.3 Å². The summed E-state index contributed by atoms with van der Waals surface area (Å²) in [6.45, 7) is 3.07. The fraction of sp³-hybridized carbons (Fsp3) is 0.357. The summed E-state index contributed by atoms with van der Waals surface area (Å²) in [6, 6.07) is 6.04. The van der Waals surface area contributed by atoms with Gasteiger partial charge in [-0.3, -0.25) is 4.79 Å². The molecule has 0 unspecified atom stereocenters. The van der Waals surface area contributed by atoms with Crippen molar-refractivity contribution in [3.8, 4) is 0 Å². The highest BCUT2D eigenvalue weighted by Crippen LogP contribution is 2.25. The molecule has 0 saturated carbocycles. The number of fused-ring (bicyclic) bond motifs is 1. The van der Waals surface area contributed by atoms with Gasteiger partial charge in [0.05, 0.1) is 13.0 Å². The number of carbonyl (C=O) groups excluding carboxylic acids is 1. The minimum atomic E-state index is 0.0148. The van der Waals surface area contributed by atoms with Crippen molar-refractivity contribution >= 4 is 32.7 Å². The molecule has 2 N–H and O–H groups in total. The zero-order valence-corrected chi connectivity index (χ0v) is 12.6. The second kappa shape index (κ2) is 6.21. The number of hydrogen-bond donors (Lipinski definition) is 2. The summed E-state index contributed by atoms with van der Waals surface area (Å²) in [7, 11) is 1.62. The first-order valence-electron chi connectivity index (χ1n) is 6.14. The van der Waals surface area contributed by atoms with Crippen molar-refractivity contribution in [2.45, 2.75) is 13.3 Å². The second-order valence-corrected chi connectivity index (χ2v) is 5.35. The van der Waals surface area contributed by atoms with E-state index < -0.39 is 0 Å². The lowest BCUT2D eigenvalue weighted by Crippen LogP contribution is -2.28. The number of benzene rings is 1. The Hall–Kier alpha value is -1.33. The van der Waals surface area contributed by atoms with Crippen molar-refractivity contribution < 1.29 is 9.53 Å². The molecule has 0 saturated heterocycles. The molecule has 0 bridgehead atoms. The quantitative estimate of drug-likeness (QED) is 0.830. The van der Waals surface area contributed by atoms with Crippen LogP contribution in [0.2, 0.25) is 0 Å². The zero-order valence-electron chi connectivity index (χ0n) is 11.0. The smallest absolute Gasteiger partial charge is 0.224 e. The third-order valence-electron chi connectivity index (χ3n) is 3.05. The molecule has 4 nitrogen and oxygen atoms in total. The average Bonchev–Trinajstić information content (AvgIpc) is 2.66. The van der Waals surface area contributed by atoms with E-state index in [0.29, 0.717) is 19.6 Å². The predicted molar refractivity (Wildman–Crippen MR) is 79.3 cm³/mol. The highest BCUT2D eigenvalue weighted by molar-refractivity contribution is 9.10. The van der Waals surface area contributed by atoms with Gasteiger partial charge in [0, 0.05) is 34.7 Å². The Labute approximate surface area is 120 Å². The van der Waals surface area contributed by atoms with Crippen LogP contribution in [0.5, 0.6) is 0 Å². The van der Waals surface area contributed by atoms with Crippen LogP contribution in [0.15, 0.2) is 22.7 Å². The Balaban J connectivity index is 2.17. The number of aromatic nitrogens is 1. The number of carbonyl (C=O) groups is 1. The van der Waals surface area contributed by atoms with Gasteiger partial charge < -0.3 is 15.0 Å². The molecule has 2 aromatic rings. The summed E-state index contributed by atoms with van der Waals surface area (Å²) in [4.78, 5) is 15.2. The molecule has 102 valence electrons. The van der Waals surface area contributed by atoms with Crippen LogP contribution < -0.4 is 5.32 Å².